The molecule has 8 aromatic carbocycles. The van der Waals surface area contributed by atoms with Crippen molar-refractivity contribution < 1.29 is 0 Å². The third-order valence-electron chi connectivity index (χ3n) is 9.79. The van der Waals surface area contributed by atoms with Crippen LogP contribution >= 0.6 is 0 Å². The molecule has 228 valence electrons. The SMILES string of the molecule is c1ccc(-c2ccc(-c3ccc4nc(-n5c6ccccc6c6cc7ccccc7cc65)nc(-c5cccc6ccccc56)c4c3)cc2)cc1. The van der Waals surface area contributed by atoms with Gasteiger partial charge in [-0.15, -0.1) is 0 Å². The highest BCUT2D eigenvalue weighted by Gasteiger charge is 2.19. The summed E-state index contributed by atoms with van der Waals surface area (Å²) in [4.78, 5) is 10.8. The Morgan fingerprint density at radius 1 is 0.347 bits per heavy atom. The van der Waals surface area contributed by atoms with Crippen LogP contribution in [0.1, 0.15) is 0 Å². The summed E-state index contributed by atoms with van der Waals surface area (Å²) in [6.07, 6.45) is 0. The molecule has 0 saturated carbocycles. The molecular formula is C46H29N3. The maximum atomic E-state index is 5.48. The Morgan fingerprint density at radius 3 is 1.78 bits per heavy atom. The molecule has 0 atom stereocenters. The quantitative estimate of drug-likeness (QED) is 0.195. The van der Waals surface area contributed by atoms with Crippen LogP contribution in [0, 0.1) is 0 Å². The molecule has 0 amide bonds. The van der Waals surface area contributed by atoms with E-state index in [1.807, 2.05) is 0 Å². The van der Waals surface area contributed by atoms with Crippen LogP contribution in [-0.4, -0.2) is 14.5 Å². The molecule has 0 radical (unpaired) electrons. The topological polar surface area (TPSA) is 30.7 Å². The van der Waals surface area contributed by atoms with Crippen molar-refractivity contribution in [2.75, 3.05) is 0 Å². The molecule has 0 fully saturated rings. The Morgan fingerprint density at radius 2 is 0.959 bits per heavy atom. The van der Waals surface area contributed by atoms with Crippen LogP contribution in [0.2, 0.25) is 0 Å². The fourth-order valence-electron chi connectivity index (χ4n) is 7.39. The molecule has 0 aliphatic carbocycles. The Hall–Kier alpha value is -6.58. The molecule has 2 heterocycles. The van der Waals surface area contributed by atoms with Crippen LogP contribution in [0.3, 0.4) is 0 Å². The smallest absolute Gasteiger partial charge is 0.235 e. The number of hydrogen-bond acceptors (Lipinski definition) is 2. The van der Waals surface area contributed by atoms with E-state index in [1.165, 1.54) is 43.4 Å². The number of rotatable bonds is 4. The van der Waals surface area contributed by atoms with Crippen LogP contribution in [0.4, 0.5) is 0 Å². The van der Waals surface area contributed by atoms with Gasteiger partial charge < -0.3 is 0 Å². The van der Waals surface area contributed by atoms with E-state index in [0.717, 1.165) is 44.3 Å². The van der Waals surface area contributed by atoms with Crippen LogP contribution in [-0.2, 0) is 0 Å². The van der Waals surface area contributed by atoms with E-state index >= 15 is 0 Å². The van der Waals surface area contributed by atoms with Crippen molar-refractivity contribution >= 4 is 54.3 Å². The Kier molecular flexibility index (Phi) is 6.18. The number of nitrogens with zero attached hydrogens (tertiary/aromatic N) is 3. The molecule has 0 N–H and O–H groups in total. The first-order chi connectivity index (χ1) is 24.3. The van der Waals surface area contributed by atoms with Crippen molar-refractivity contribution in [1.82, 2.24) is 14.5 Å². The summed E-state index contributed by atoms with van der Waals surface area (Å²) < 4.78 is 2.24. The van der Waals surface area contributed by atoms with Crippen LogP contribution in [0.15, 0.2) is 176 Å². The molecule has 3 heteroatoms. The molecule has 0 saturated heterocycles. The second-order valence-corrected chi connectivity index (χ2v) is 12.6. The van der Waals surface area contributed by atoms with Gasteiger partial charge in [-0.25, -0.2) is 9.97 Å². The molecule has 0 aliphatic rings. The number of fused-ring (bicyclic) bond motifs is 6. The highest BCUT2D eigenvalue weighted by molar-refractivity contribution is 6.13. The first kappa shape index (κ1) is 27.5. The summed E-state index contributed by atoms with van der Waals surface area (Å²) >= 11 is 0. The molecule has 0 spiro atoms. The first-order valence-corrected chi connectivity index (χ1v) is 16.7. The van der Waals surface area contributed by atoms with Crippen LogP contribution in [0.25, 0.3) is 93.7 Å². The van der Waals surface area contributed by atoms with Crippen molar-refractivity contribution in [3.05, 3.63) is 176 Å². The average Bonchev–Trinajstić information content (AvgIpc) is 3.49. The molecule has 10 rings (SSSR count). The summed E-state index contributed by atoms with van der Waals surface area (Å²) in [6, 6.07) is 62.7. The van der Waals surface area contributed by atoms with Gasteiger partial charge in [0, 0.05) is 21.7 Å². The van der Waals surface area contributed by atoms with Gasteiger partial charge in [0.15, 0.2) is 0 Å². The van der Waals surface area contributed by atoms with Crippen LogP contribution < -0.4 is 0 Å². The van der Waals surface area contributed by atoms with E-state index in [9.17, 15) is 0 Å². The third kappa shape index (κ3) is 4.51. The summed E-state index contributed by atoms with van der Waals surface area (Å²) in [7, 11) is 0. The predicted molar refractivity (Wildman–Crippen MR) is 205 cm³/mol. The monoisotopic (exact) mass is 623 g/mol. The Balaban J connectivity index is 1.23. The van der Waals surface area contributed by atoms with E-state index in [0.29, 0.717) is 5.95 Å². The van der Waals surface area contributed by atoms with E-state index in [-0.39, 0.29) is 0 Å². The van der Waals surface area contributed by atoms with Gasteiger partial charge in [-0.1, -0.05) is 146 Å². The molecule has 0 aliphatic heterocycles. The summed E-state index contributed by atoms with van der Waals surface area (Å²) in [5.41, 5.74) is 9.81. The number of hydrogen-bond donors (Lipinski definition) is 0. The minimum Gasteiger partial charge on any atom is -0.278 e. The molecule has 0 bridgehead atoms. The molecule has 10 aromatic rings. The lowest BCUT2D eigenvalue weighted by atomic mass is 9.96. The lowest BCUT2D eigenvalue weighted by Gasteiger charge is -2.14. The third-order valence-corrected chi connectivity index (χ3v) is 9.79. The lowest BCUT2D eigenvalue weighted by molar-refractivity contribution is 1.01. The zero-order valence-electron chi connectivity index (χ0n) is 26.6. The molecule has 0 unspecified atom stereocenters. The first-order valence-electron chi connectivity index (χ1n) is 16.7. The van der Waals surface area contributed by atoms with Gasteiger partial charge in [0.2, 0.25) is 5.95 Å². The normalized spacial score (nSPS) is 11.7. The van der Waals surface area contributed by atoms with Gasteiger partial charge in [0.05, 0.1) is 22.2 Å². The van der Waals surface area contributed by atoms with Crippen molar-refractivity contribution in [1.29, 1.82) is 0 Å². The van der Waals surface area contributed by atoms with E-state index < -0.39 is 0 Å². The average molecular weight is 624 g/mol. The van der Waals surface area contributed by atoms with Crippen molar-refractivity contribution in [3.63, 3.8) is 0 Å². The minimum absolute atomic E-state index is 0.664. The standard InChI is InChI=1S/C46H29N3/c1-2-11-30(12-3-1)31-21-23-32(24-22-31)36-25-26-42-41(28-36)45(39-19-10-16-33-13-6-7-17-37(33)39)48-46(47-42)49-43-20-9-8-18-38(43)40-27-34-14-4-5-15-35(34)29-44(40)49/h1-29H. The van der Waals surface area contributed by atoms with Crippen molar-refractivity contribution in [2.24, 2.45) is 0 Å². The van der Waals surface area contributed by atoms with E-state index in [4.69, 9.17) is 9.97 Å². The van der Waals surface area contributed by atoms with Gasteiger partial charge in [-0.3, -0.25) is 4.57 Å². The van der Waals surface area contributed by atoms with Gasteiger partial charge in [-0.05, 0) is 74.1 Å². The van der Waals surface area contributed by atoms with Gasteiger partial charge in [0.1, 0.15) is 0 Å². The van der Waals surface area contributed by atoms with Crippen molar-refractivity contribution in [3.8, 4) is 39.5 Å². The maximum Gasteiger partial charge on any atom is 0.235 e. The molecular weight excluding hydrogens is 595 g/mol. The summed E-state index contributed by atoms with van der Waals surface area (Å²) in [5, 5.41) is 8.17. The number of para-hydroxylation sites is 1. The zero-order chi connectivity index (χ0) is 32.3. The zero-order valence-corrected chi connectivity index (χ0v) is 26.6. The maximum absolute atomic E-state index is 5.48. The Labute approximate surface area is 283 Å². The van der Waals surface area contributed by atoms with Crippen LogP contribution in [0.5, 0.6) is 0 Å². The number of aromatic nitrogens is 3. The fourth-order valence-corrected chi connectivity index (χ4v) is 7.39. The number of benzene rings is 8. The fraction of sp³-hybridized carbons (Fsp3) is 0. The summed E-state index contributed by atoms with van der Waals surface area (Å²) in [5.74, 6) is 0.664. The minimum atomic E-state index is 0.664. The largest absolute Gasteiger partial charge is 0.278 e. The van der Waals surface area contributed by atoms with Gasteiger partial charge >= 0.3 is 0 Å². The molecule has 3 nitrogen and oxygen atoms in total. The Bertz CT molecular complexity index is 2860. The summed E-state index contributed by atoms with van der Waals surface area (Å²) in [6.45, 7) is 0. The highest BCUT2D eigenvalue weighted by Crippen LogP contribution is 2.38. The van der Waals surface area contributed by atoms with E-state index in [1.54, 1.807) is 0 Å². The molecule has 2 aromatic heterocycles. The predicted octanol–water partition coefficient (Wildman–Crippen LogP) is 12.0. The second-order valence-electron chi connectivity index (χ2n) is 12.6. The second kappa shape index (κ2) is 11.0. The highest BCUT2D eigenvalue weighted by atomic mass is 15.2. The van der Waals surface area contributed by atoms with Gasteiger partial charge in [0.25, 0.3) is 0 Å². The lowest BCUT2D eigenvalue weighted by Crippen LogP contribution is -2.04. The van der Waals surface area contributed by atoms with Crippen molar-refractivity contribution in [2.45, 2.75) is 0 Å². The molecule has 49 heavy (non-hydrogen) atoms. The van der Waals surface area contributed by atoms with E-state index in [2.05, 4.69) is 180 Å². The van der Waals surface area contributed by atoms with Gasteiger partial charge in [-0.2, -0.15) is 0 Å².